The van der Waals surface area contributed by atoms with Gasteiger partial charge in [-0.3, -0.25) is 4.79 Å². The zero-order valence-electron chi connectivity index (χ0n) is 10.3. The maximum absolute atomic E-state index is 11.6. The van der Waals surface area contributed by atoms with Gasteiger partial charge in [-0.1, -0.05) is 0 Å². The van der Waals surface area contributed by atoms with Gasteiger partial charge in [0, 0.05) is 0 Å². The van der Waals surface area contributed by atoms with Gasteiger partial charge in [0.1, 0.15) is 6.61 Å². The number of fused-ring (bicyclic) bond motifs is 2. The third kappa shape index (κ3) is 2.95. The number of amides is 1. The Morgan fingerprint density at radius 2 is 2.19 bits per heavy atom. The lowest BCUT2D eigenvalue weighted by molar-refractivity contribution is -0.131. The van der Waals surface area contributed by atoms with E-state index in [1.807, 2.05) is 20.8 Å². The largest absolute Gasteiger partial charge is 0.373 e. The third-order valence-corrected chi connectivity index (χ3v) is 3.09. The summed E-state index contributed by atoms with van der Waals surface area (Å²) in [5.74, 6) is -0.0314. The van der Waals surface area contributed by atoms with Gasteiger partial charge in [-0.2, -0.15) is 0 Å². The van der Waals surface area contributed by atoms with Crippen molar-refractivity contribution in [3.63, 3.8) is 0 Å². The van der Waals surface area contributed by atoms with Crippen molar-refractivity contribution in [2.75, 3.05) is 6.61 Å². The van der Waals surface area contributed by atoms with E-state index in [0.717, 1.165) is 19.3 Å². The van der Waals surface area contributed by atoms with Crippen LogP contribution in [0.1, 0.15) is 40.0 Å². The molecule has 0 aromatic carbocycles. The molecule has 2 rings (SSSR count). The number of ether oxygens (including phenoxy) is 2. The lowest BCUT2D eigenvalue weighted by Gasteiger charge is -2.22. The topological polar surface area (TPSA) is 47.6 Å². The predicted molar refractivity (Wildman–Crippen MR) is 60.1 cm³/mol. The molecule has 92 valence electrons. The van der Waals surface area contributed by atoms with Crippen LogP contribution in [0.4, 0.5) is 0 Å². The molecule has 0 saturated carbocycles. The van der Waals surface area contributed by atoms with Crippen molar-refractivity contribution in [1.82, 2.24) is 5.32 Å². The van der Waals surface area contributed by atoms with Crippen molar-refractivity contribution in [2.24, 2.45) is 0 Å². The molecule has 2 aliphatic heterocycles. The molecule has 16 heavy (non-hydrogen) atoms. The van der Waals surface area contributed by atoms with Crippen molar-refractivity contribution >= 4 is 5.91 Å². The van der Waals surface area contributed by atoms with E-state index in [2.05, 4.69) is 5.32 Å². The van der Waals surface area contributed by atoms with E-state index in [1.54, 1.807) is 0 Å². The van der Waals surface area contributed by atoms with Gasteiger partial charge in [0.25, 0.3) is 0 Å². The fourth-order valence-corrected chi connectivity index (χ4v) is 2.32. The van der Waals surface area contributed by atoms with Crippen LogP contribution in [0.5, 0.6) is 0 Å². The van der Waals surface area contributed by atoms with Gasteiger partial charge in [0.15, 0.2) is 0 Å². The number of nitrogens with one attached hydrogen (secondary N) is 1. The van der Waals surface area contributed by atoms with Gasteiger partial charge in [-0.05, 0) is 40.0 Å². The predicted octanol–water partition coefficient (Wildman–Crippen LogP) is 1.24. The summed E-state index contributed by atoms with van der Waals surface area (Å²) < 4.78 is 11.1. The Kier molecular flexibility index (Phi) is 3.22. The maximum Gasteiger partial charge on any atom is 0.246 e. The van der Waals surface area contributed by atoms with Crippen LogP contribution in [0.2, 0.25) is 0 Å². The van der Waals surface area contributed by atoms with Gasteiger partial charge in [-0.25, -0.2) is 0 Å². The highest BCUT2D eigenvalue weighted by atomic mass is 16.5. The summed E-state index contributed by atoms with van der Waals surface area (Å²) >= 11 is 0. The highest BCUT2D eigenvalue weighted by Gasteiger charge is 2.41. The normalized spacial score (nSPS) is 33.1. The highest BCUT2D eigenvalue weighted by molar-refractivity contribution is 5.77. The van der Waals surface area contributed by atoms with Crippen molar-refractivity contribution in [3.05, 3.63) is 0 Å². The Labute approximate surface area is 96.7 Å². The van der Waals surface area contributed by atoms with E-state index in [9.17, 15) is 4.79 Å². The van der Waals surface area contributed by atoms with Crippen LogP contribution >= 0.6 is 0 Å². The number of carbonyl (C=O) groups excluding carboxylic acids is 1. The molecule has 4 heteroatoms. The van der Waals surface area contributed by atoms with Crippen molar-refractivity contribution in [1.29, 1.82) is 0 Å². The first-order chi connectivity index (χ1) is 7.44. The van der Waals surface area contributed by atoms with Gasteiger partial charge in [-0.15, -0.1) is 0 Å². The second-order valence-corrected chi connectivity index (χ2v) is 5.68. The molecule has 2 heterocycles. The molecule has 0 spiro atoms. The summed E-state index contributed by atoms with van der Waals surface area (Å²) in [6.45, 7) is 5.97. The first-order valence-electron chi connectivity index (χ1n) is 6.03. The molecule has 0 aromatic rings. The first kappa shape index (κ1) is 11.9. The third-order valence-electron chi connectivity index (χ3n) is 3.09. The minimum Gasteiger partial charge on any atom is -0.373 e. The summed E-state index contributed by atoms with van der Waals surface area (Å²) in [5, 5.41) is 2.99. The molecule has 1 amide bonds. The fourth-order valence-electron chi connectivity index (χ4n) is 2.32. The molecule has 4 nitrogen and oxygen atoms in total. The Morgan fingerprint density at radius 3 is 2.69 bits per heavy atom. The van der Waals surface area contributed by atoms with E-state index in [4.69, 9.17) is 9.47 Å². The number of rotatable bonds is 3. The van der Waals surface area contributed by atoms with Crippen LogP contribution in [-0.4, -0.2) is 36.4 Å². The number of hydrogen-bond acceptors (Lipinski definition) is 3. The molecule has 0 aliphatic carbocycles. The van der Waals surface area contributed by atoms with Gasteiger partial charge in [0.2, 0.25) is 5.91 Å². The average Bonchev–Trinajstić information content (AvgIpc) is 2.75. The van der Waals surface area contributed by atoms with Gasteiger partial charge >= 0.3 is 0 Å². The van der Waals surface area contributed by atoms with E-state index in [0.29, 0.717) is 6.10 Å². The minimum atomic E-state index is -0.261. The molecule has 0 radical (unpaired) electrons. The van der Waals surface area contributed by atoms with E-state index < -0.39 is 0 Å². The molecule has 2 fully saturated rings. The summed E-state index contributed by atoms with van der Waals surface area (Å²) in [6, 6.07) is 0.204. The summed E-state index contributed by atoms with van der Waals surface area (Å²) in [6.07, 6.45) is 3.81. The number of hydrogen-bond donors (Lipinski definition) is 1. The van der Waals surface area contributed by atoms with Crippen molar-refractivity contribution in [2.45, 2.75) is 63.9 Å². The monoisotopic (exact) mass is 227 g/mol. The standard InChI is InChI=1S/C12H21NO3/c1-12(2,3)15-7-11(14)13-9-6-8-4-5-10(9)16-8/h8-10H,4-7H2,1-3H3,(H,13,14). The van der Waals surface area contributed by atoms with E-state index in [1.165, 1.54) is 0 Å². The lowest BCUT2D eigenvalue weighted by atomic mass is 9.95. The highest BCUT2D eigenvalue weighted by Crippen LogP contribution is 2.34. The second kappa shape index (κ2) is 4.34. The summed E-state index contributed by atoms with van der Waals surface area (Å²) in [7, 11) is 0. The average molecular weight is 227 g/mol. The zero-order valence-corrected chi connectivity index (χ0v) is 10.3. The maximum atomic E-state index is 11.6. The van der Waals surface area contributed by atoms with Crippen LogP contribution in [-0.2, 0) is 14.3 Å². The summed E-state index contributed by atoms with van der Waals surface area (Å²) in [5.41, 5.74) is -0.261. The van der Waals surface area contributed by atoms with Crippen LogP contribution < -0.4 is 5.32 Å². The molecule has 2 bridgehead atoms. The van der Waals surface area contributed by atoms with Crippen LogP contribution in [0.25, 0.3) is 0 Å². The molecular formula is C12H21NO3. The van der Waals surface area contributed by atoms with Gasteiger partial charge in [0.05, 0.1) is 23.9 Å². The molecular weight excluding hydrogens is 206 g/mol. The van der Waals surface area contributed by atoms with Crippen LogP contribution in [0, 0.1) is 0 Å². The minimum absolute atomic E-state index is 0.0314. The summed E-state index contributed by atoms with van der Waals surface area (Å²) in [4.78, 5) is 11.6. The molecule has 3 atom stereocenters. The molecule has 1 N–H and O–H groups in total. The van der Waals surface area contributed by atoms with E-state index in [-0.39, 0.29) is 30.3 Å². The number of carbonyl (C=O) groups is 1. The smallest absolute Gasteiger partial charge is 0.246 e. The molecule has 2 aliphatic rings. The second-order valence-electron chi connectivity index (χ2n) is 5.68. The fraction of sp³-hybridized carbons (Fsp3) is 0.917. The zero-order chi connectivity index (χ0) is 11.8. The molecule has 3 unspecified atom stereocenters. The Hall–Kier alpha value is -0.610. The quantitative estimate of drug-likeness (QED) is 0.789. The van der Waals surface area contributed by atoms with Crippen LogP contribution in [0.3, 0.4) is 0 Å². The van der Waals surface area contributed by atoms with Crippen LogP contribution in [0.15, 0.2) is 0 Å². The Morgan fingerprint density at radius 1 is 1.44 bits per heavy atom. The Bertz CT molecular complexity index is 272. The first-order valence-corrected chi connectivity index (χ1v) is 6.03. The van der Waals surface area contributed by atoms with Gasteiger partial charge < -0.3 is 14.8 Å². The SMILES string of the molecule is CC(C)(C)OCC(=O)NC1CC2CCC1O2. The van der Waals surface area contributed by atoms with Crippen molar-refractivity contribution < 1.29 is 14.3 Å². The van der Waals surface area contributed by atoms with E-state index >= 15 is 0 Å². The Balaban J connectivity index is 1.72. The van der Waals surface area contributed by atoms with Crippen molar-refractivity contribution in [3.8, 4) is 0 Å². The molecule has 0 aromatic heterocycles. The molecule has 2 saturated heterocycles. The lowest BCUT2D eigenvalue weighted by Crippen LogP contribution is -2.43.